The van der Waals surface area contributed by atoms with Gasteiger partial charge in [0.25, 0.3) is 5.91 Å². The van der Waals surface area contributed by atoms with Crippen molar-refractivity contribution in [2.45, 2.75) is 39.2 Å². The Bertz CT molecular complexity index is 698. The van der Waals surface area contributed by atoms with Gasteiger partial charge in [-0.05, 0) is 57.7 Å². The molecule has 0 radical (unpaired) electrons. The van der Waals surface area contributed by atoms with Crippen molar-refractivity contribution in [3.8, 4) is 11.5 Å². The maximum atomic E-state index is 12.5. The zero-order valence-electron chi connectivity index (χ0n) is 16.2. The molecule has 1 aromatic rings. The molecule has 2 heterocycles. The van der Waals surface area contributed by atoms with E-state index in [-0.39, 0.29) is 17.9 Å². The van der Waals surface area contributed by atoms with Crippen molar-refractivity contribution in [1.82, 2.24) is 10.2 Å². The van der Waals surface area contributed by atoms with Gasteiger partial charge < -0.3 is 24.4 Å². The number of carbonyl (C=O) groups is 2. The molecule has 148 valence electrons. The van der Waals surface area contributed by atoms with Crippen LogP contribution >= 0.6 is 0 Å². The Morgan fingerprint density at radius 2 is 1.96 bits per heavy atom. The highest BCUT2D eigenvalue weighted by molar-refractivity contribution is 5.94. The number of carbonyl (C=O) groups excluding carboxylic acids is 2. The van der Waals surface area contributed by atoms with Crippen LogP contribution in [0.25, 0.3) is 0 Å². The van der Waals surface area contributed by atoms with Gasteiger partial charge in [-0.25, -0.2) is 4.79 Å². The summed E-state index contributed by atoms with van der Waals surface area (Å²) in [6.45, 7) is 8.40. The Morgan fingerprint density at radius 1 is 1.22 bits per heavy atom. The number of hydrogen-bond acceptors (Lipinski definition) is 5. The minimum Gasteiger partial charge on any atom is -0.486 e. The largest absolute Gasteiger partial charge is 0.486 e. The van der Waals surface area contributed by atoms with Gasteiger partial charge in [0.1, 0.15) is 18.8 Å². The van der Waals surface area contributed by atoms with Gasteiger partial charge in [-0.2, -0.15) is 0 Å². The Hall–Kier alpha value is -2.44. The van der Waals surface area contributed by atoms with Crippen molar-refractivity contribution in [3.05, 3.63) is 23.8 Å². The molecule has 1 aromatic carbocycles. The zero-order chi connectivity index (χ0) is 19.4. The molecule has 2 aliphatic heterocycles. The van der Waals surface area contributed by atoms with Crippen LogP contribution in [-0.2, 0) is 4.74 Å². The summed E-state index contributed by atoms with van der Waals surface area (Å²) in [7, 11) is 0. The SMILES string of the molecule is CC(C)(C)OC(=O)N1CCCC(CNC(=O)c2ccc3c(c2)OCCO3)C1. The lowest BCUT2D eigenvalue weighted by atomic mass is 9.98. The van der Waals surface area contributed by atoms with E-state index < -0.39 is 5.60 Å². The summed E-state index contributed by atoms with van der Waals surface area (Å²) in [5.74, 6) is 1.33. The summed E-state index contributed by atoms with van der Waals surface area (Å²) in [6, 6.07) is 5.20. The summed E-state index contributed by atoms with van der Waals surface area (Å²) >= 11 is 0. The molecule has 1 N–H and O–H groups in total. The van der Waals surface area contributed by atoms with Crippen LogP contribution in [0.2, 0.25) is 0 Å². The molecule has 0 aliphatic carbocycles. The molecule has 2 aliphatic rings. The zero-order valence-corrected chi connectivity index (χ0v) is 16.2. The summed E-state index contributed by atoms with van der Waals surface area (Å²) in [5.41, 5.74) is 0.0373. The minimum atomic E-state index is -0.503. The van der Waals surface area contributed by atoms with Gasteiger partial charge in [0, 0.05) is 25.2 Å². The monoisotopic (exact) mass is 376 g/mol. The van der Waals surface area contributed by atoms with Gasteiger partial charge >= 0.3 is 6.09 Å². The predicted octanol–water partition coefficient (Wildman–Crippen LogP) is 2.83. The average Bonchev–Trinajstić information content (AvgIpc) is 2.64. The molecule has 1 fully saturated rings. The van der Waals surface area contributed by atoms with E-state index in [0.717, 1.165) is 12.8 Å². The second-order valence-electron chi connectivity index (χ2n) is 8.00. The fourth-order valence-corrected chi connectivity index (χ4v) is 3.25. The molecule has 1 unspecified atom stereocenters. The summed E-state index contributed by atoms with van der Waals surface area (Å²) < 4.78 is 16.4. The molecular formula is C20H28N2O5. The van der Waals surface area contributed by atoms with Gasteiger partial charge in [-0.1, -0.05) is 0 Å². The van der Waals surface area contributed by atoms with Gasteiger partial charge in [0.2, 0.25) is 0 Å². The number of piperidine rings is 1. The number of amides is 2. The molecule has 0 aromatic heterocycles. The standard InChI is InChI=1S/C20H28N2O5/c1-20(2,3)27-19(24)22-8-4-5-14(13-22)12-21-18(23)15-6-7-16-17(11-15)26-10-9-25-16/h6-7,11,14H,4-5,8-10,12-13H2,1-3H3,(H,21,23). The van der Waals surface area contributed by atoms with Crippen LogP contribution in [0.3, 0.4) is 0 Å². The van der Waals surface area contributed by atoms with E-state index in [1.54, 1.807) is 23.1 Å². The molecule has 7 nitrogen and oxygen atoms in total. The molecule has 1 saturated heterocycles. The first-order chi connectivity index (χ1) is 12.8. The highest BCUT2D eigenvalue weighted by Gasteiger charge is 2.28. The van der Waals surface area contributed by atoms with E-state index in [0.29, 0.717) is 49.9 Å². The van der Waals surface area contributed by atoms with Crippen LogP contribution in [0.5, 0.6) is 11.5 Å². The number of benzene rings is 1. The van der Waals surface area contributed by atoms with E-state index in [1.807, 2.05) is 20.8 Å². The number of hydrogen-bond donors (Lipinski definition) is 1. The molecule has 2 amide bonds. The quantitative estimate of drug-likeness (QED) is 0.878. The van der Waals surface area contributed by atoms with Crippen LogP contribution < -0.4 is 14.8 Å². The first-order valence-corrected chi connectivity index (χ1v) is 9.47. The molecule has 3 rings (SSSR count). The van der Waals surface area contributed by atoms with E-state index in [1.165, 1.54) is 0 Å². The van der Waals surface area contributed by atoms with Crippen molar-refractivity contribution in [1.29, 1.82) is 0 Å². The Morgan fingerprint density at radius 3 is 2.70 bits per heavy atom. The number of rotatable bonds is 3. The summed E-state index contributed by atoms with van der Waals surface area (Å²) in [5, 5.41) is 2.97. The lowest BCUT2D eigenvalue weighted by Crippen LogP contribution is -2.45. The highest BCUT2D eigenvalue weighted by Crippen LogP contribution is 2.30. The summed E-state index contributed by atoms with van der Waals surface area (Å²) in [6.07, 6.45) is 1.59. The normalized spacial score (nSPS) is 19.4. The lowest BCUT2D eigenvalue weighted by molar-refractivity contribution is 0.0167. The Labute approximate surface area is 160 Å². The van der Waals surface area contributed by atoms with Crippen LogP contribution in [0.1, 0.15) is 44.0 Å². The van der Waals surface area contributed by atoms with Crippen LogP contribution in [-0.4, -0.2) is 55.3 Å². The molecule has 0 bridgehead atoms. The van der Waals surface area contributed by atoms with Gasteiger partial charge in [-0.3, -0.25) is 4.79 Å². The Balaban J connectivity index is 1.52. The first kappa shape index (κ1) is 19.3. The van der Waals surface area contributed by atoms with Gasteiger partial charge in [-0.15, -0.1) is 0 Å². The molecular weight excluding hydrogens is 348 g/mol. The smallest absolute Gasteiger partial charge is 0.410 e. The second kappa shape index (κ2) is 8.06. The number of ether oxygens (including phenoxy) is 3. The van der Waals surface area contributed by atoms with Crippen LogP contribution in [0, 0.1) is 5.92 Å². The van der Waals surface area contributed by atoms with Crippen LogP contribution in [0.4, 0.5) is 4.79 Å². The topological polar surface area (TPSA) is 77.1 Å². The maximum Gasteiger partial charge on any atom is 0.410 e. The van der Waals surface area contributed by atoms with E-state index in [9.17, 15) is 9.59 Å². The third kappa shape index (κ3) is 5.28. The number of nitrogens with one attached hydrogen (secondary N) is 1. The molecule has 0 spiro atoms. The minimum absolute atomic E-state index is 0.152. The Kier molecular flexibility index (Phi) is 5.77. The van der Waals surface area contributed by atoms with Gasteiger partial charge in [0.05, 0.1) is 0 Å². The van der Waals surface area contributed by atoms with Crippen molar-refractivity contribution in [2.75, 3.05) is 32.8 Å². The fraction of sp³-hybridized carbons (Fsp3) is 0.600. The van der Waals surface area contributed by atoms with Gasteiger partial charge in [0.15, 0.2) is 11.5 Å². The first-order valence-electron chi connectivity index (χ1n) is 9.47. The third-order valence-corrected chi connectivity index (χ3v) is 4.53. The lowest BCUT2D eigenvalue weighted by Gasteiger charge is -2.34. The maximum absolute atomic E-state index is 12.5. The summed E-state index contributed by atoms with van der Waals surface area (Å²) in [4.78, 5) is 26.4. The van der Waals surface area contributed by atoms with Crippen LogP contribution in [0.15, 0.2) is 18.2 Å². The second-order valence-corrected chi connectivity index (χ2v) is 8.00. The van der Waals surface area contributed by atoms with Crippen molar-refractivity contribution >= 4 is 12.0 Å². The molecule has 7 heteroatoms. The molecule has 27 heavy (non-hydrogen) atoms. The fourth-order valence-electron chi connectivity index (χ4n) is 3.25. The molecule has 1 atom stereocenters. The van der Waals surface area contributed by atoms with Crippen molar-refractivity contribution in [2.24, 2.45) is 5.92 Å². The average molecular weight is 376 g/mol. The van der Waals surface area contributed by atoms with Crippen molar-refractivity contribution < 1.29 is 23.8 Å². The number of fused-ring (bicyclic) bond motifs is 1. The number of nitrogens with zero attached hydrogens (tertiary/aromatic N) is 1. The number of likely N-dealkylation sites (tertiary alicyclic amines) is 1. The predicted molar refractivity (Wildman–Crippen MR) is 100 cm³/mol. The molecule has 0 saturated carbocycles. The van der Waals surface area contributed by atoms with E-state index in [4.69, 9.17) is 14.2 Å². The van der Waals surface area contributed by atoms with E-state index >= 15 is 0 Å². The third-order valence-electron chi connectivity index (χ3n) is 4.53. The van der Waals surface area contributed by atoms with Crippen molar-refractivity contribution in [3.63, 3.8) is 0 Å². The highest BCUT2D eigenvalue weighted by atomic mass is 16.6. The van der Waals surface area contributed by atoms with E-state index in [2.05, 4.69) is 5.32 Å².